The number of rotatable bonds is 5. The Hall–Kier alpha value is -2.08. The number of benzene rings is 1. The van der Waals surface area contributed by atoms with E-state index in [0.29, 0.717) is 19.1 Å². The Balaban J connectivity index is 1.46. The van der Waals surface area contributed by atoms with Gasteiger partial charge in [-0.05, 0) is 51.3 Å². The Bertz CT molecular complexity index is 609. The van der Waals surface area contributed by atoms with Crippen LogP contribution in [0.5, 0.6) is 5.75 Å². The lowest BCUT2D eigenvalue weighted by molar-refractivity contribution is -0.135. The van der Waals surface area contributed by atoms with Gasteiger partial charge in [-0.2, -0.15) is 0 Å². The number of primary amides is 1. The van der Waals surface area contributed by atoms with Crippen molar-refractivity contribution < 1.29 is 14.3 Å². The monoisotopic (exact) mass is 345 g/mol. The number of nitrogens with zero attached hydrogens (tertiary/aromatic N) is 2. The molecule has 0 saturated carbocycles. The molecule has 2 amide bonds. The zero-order valence-electron chi connectivity index (χ0n) is 14.8. The molecular weight excluding hydrogens is 318 g/mol. The first-order chi connectivity index (χ1) is 12.0. The van der Waals surface area contributed by atoms with Gasteiger partial charge in [0.2, 0.25) is 5.91 Å². The van der Waals surface area contributed by atoms with E-state index < -0.39 is 0 Å². The van der Waals surface area contributed by atoms with Crippen molar-refractivity contribution in [3.05, 3.63) is 29.8 Å². The van der Waals surface area contributed by atoms with Crippen LogP contribution in [0.15, 0.2) is 24.3 Å². The summed E-state index contributed by atoms with van der Waals surface area (Å²) in [5.74, 6) is 0.518. The minimum atomic E-state index is -0.220. The third kappa shape index (κ3) is 4.31. The van der Waals surface area contributed by atoms with Gasteiger partial charge in [0.05, 0.1) is 6.04 Å². The summed E-state index contributed by atoms with van der Waals surface area (Å²) >= 11 is 0. The molecule has 136 valence electrons. The summed E-state index contributed by atoms with van der Waals surface area (Å²) in [6.07, 6.45) is 3.66. The van der Waals surface area contributed by atoms with Crippen LogP contribution in [-0.2, 0) is 9.59 Å². The Morgan fingerprint density at radius 3 is 2.44 bits per heavy atom. The van der Waals surface area contributed by atoms with Gasteiger partial charge in [-0.25, -0.2) is 0 Å². The molecule has 1 aromatic rings. The fourth-order valence-electron chi connectivity index (χ4n) is 3.85. The molecule has 2 N–H and O–H groups in total. The smallest absolute Gasteiger partial charge is 0.260 e. The van der Waals surface area contributed by atoms with E-state index in [1.807, 2.05) is 36.1 Å². The molecule has 0 bridgehead atoms. The highest BCUT2D eigenvalue weighted by Gasteiger charge is 2.36. The van der Waals surface area contributed by atoms with E-state index >= 15 is 0 Å². The van der Waals surface area contributed by atoms with Crippen LogP contribution in [0.2, 0.25) is 0 Å². The fraction of sp³-hybridized carbons (Fsp3) is 0.579. The third-order valence-electron chi connectivity index (χ3n) is 5.29. The van der Waals surface area contributed by atoms with Crippen molar-refractivity contribution in [2.75, 3.05) is 26.2 Å². The van der Waals surface area contributed by atoms with Crippen LogP contribution in [0.4, 0.5) is 0 Å². The van der Waals surface area contributed by atoms with Crippen molar-refractivity contribution in [2.45, 2.75) is 44.7 Å². The van der Waals surface area contributed by atoms with Crippen molar-refractivity contribution in [1.29, 1.82) is 0 Å². The van der Waals surface area contributed by atoms with Gasteiger partial charge in [0.1, 0.15) is 5.75 Å². The lowest BCUT2D eigenvalue weighted by Gasteiger charge is -2.38. The van der Waals surface area contributed by atoms with Crippen molar-refractivity contribution in [3.8, 4) is 5.75 Å². The van der Waals surface area contributed by atoms with Crippen LogP contribution in [0.1, 0.15) is 31.2 Å². The van der Waals surface area contributed by atoms with Crippen molar-refractivity contribution in [1.82, 2.24) is 9.80 Å². The van der Waals surface area contributed by atoms with Gasteiger partial charge >= 0.3 is 0 Å². The number of likely N-dealkylation sites (tertiary alicyclic amines) is 2. The molecule has 2 aliphatic heterocycles. The molecule has 0 unspecified atom stereocenters. The van der Waals surface area contributed by atoms with Crippen molar-refractivity contribution in [3.63, 3.8) is 0 Å². The van der Waals surface area contributed by atoms with E-state index in [1.54, 1.807) is 0 Å². The van der Waals surface area contributed by atoms with E-state index in [1.165, 1.54) is 0 Å². The number of nitrogens with two attached hydrogens (primary N) is 1. The third-order valence-corrected chi connectivity index (χ3v) is 5.29. The summed E-state index contributed by atoms with van der Waals surface area (Å²) in [6.45, 7) is 4.44. The zero-order valence-corrected chi connectivity index (χ0v) is 14.8. The summed E-state index contributed by atoms with van der Waals surface area (Å²) < 4.78 is 5.59. The van der Waals surface area contributed by atoms with Crippen LogP contribution in [0.25, 0.3) is 0 Å². The average Bonchev–Trinajstić information content (AvgIpc) is 3.11. The minimum Gasteiger partial charge on any atom is -0.484 e. The molecule has 1 aromatic carbocycles. The molecule has 2 saturated heterocycles. The number of piperidine rings is 1. The van der Waals surface area contributed by atoms with Gasteiger partial charge < -0.3 is 15.4 Å². The topological polar surface area (TPSA) is 75.9 Å². The summed E-state index contributed by atoms with van der Waals surface area (Å²) in [5, 5.41) is 0. The predicted molar refractivity (Wildman–Crippen MR) is 95.2 cm³/mol. The normalized spacial score (nSPS) is 22.1. The predicted octanol–water partition coefficient (Wildman–Crippen LogP) is 1.31. The molecule has 1 atom stereocenters. The van der Waals surface area contributed by atoms with Gasteiger partial charge in [0.15, 0.2) is 6.61 Å². The lowest BCUT2D eigenvalue weighted by atomic mass is 10.0. The molecule has 0 radical (unpaired) electrons. The summed E-state index contributed by atoms with van der Waals surface area (Å²) in [7, 11) is 0. The summed E-state index contributed by atoms with van der Waals surface area (Å²) in [5.41, 5.74) is 6.68. The van der Waals surface area contributed by atoms with Gasteiger partial charge in [0.25, 0.3) is 5.91 Å². The average molecular weight is 345 g/mol. The van der Waals surface area contributed by atoms with E-state index in [4.69, 9.17) is 10.5 Å². The SMILES string of the molecule is Cc1ccc(OCC(=O)N2CCC(N3CCC[C@H]3C(N)=O)CC2)cc1. The largest absolute Gasteiger partial charge is 0.484 e. The Morgan fingerprint density at radius 1 is 1.12 bits per heavy atom. The standard InChI is InChI=1S/C19H27N3O3/c1-14-4-6-16(7-5-14)25-13-18(23)21-11-8-15(9-12-21)22-10-2-3-17(22)19(20)24/h4-7,15,17H,2-3,8-13H2,1H3,(H2,20,24)/t17-/m0/s1. The van der Waals surface area contributed by atoms with Crippen molar-refractivity contribution in [2.24, 2.45) is 5.73 Å². The molecule has 2 aliphatic rings. The first-order valence-corrected chi connectivity index (χ1v) is 9.07. The number of carbonyl (C=O) groups excluding carboxylic acids is 2. The van der Waals surface area contributed by atoms with Crippen molar-refractivity contribution >= 4 is 11.8 Å². The Morgan fingerprint density at radius 2 is 1.80 bits per heavy atom. The van der Waals surface area contributed by atoms with E-state index in [-0.39, 0.29) is 24.5 Å². The van der Waals surface area contributed by atoms with Crippen LogP contribution in [-0.4, -0.2) is 59.9 Å². The van der Waals surface area contributed by atoms with Gasteiger partial charge in [-0.3, -0.25) is 14.5 Å². The van der Waals surface area contributed by atoms with E-state index in [2.05, 4.69) is 4.90 Å². The number of carbonyl (C=O) groups is 2. The number of amides is 2. The molecule has 2 fully saturated rings. The highest BCUT2D eigenvalue weighted by molar-refractivity contribution is 5.80. The van der Waals surface area contributed by atoms with Gasteiger partial charge in [-0.1, -0.05) is 17.7 Å². The minimum absolute atomic E-state index is 0.0203. The summed E-state index contributed by atoms with van der Waals surface area (Å²) in [4.78, 5) is 28.0. The second-order valence-corrected chi connectivity index (χ2v) is 7.01. The second kappa shape index (κ2) is 7.87. The van der Waals surface area contributed by atoms with Gasteiger partial charge in [0, 0.05) is 19.1 Å². The Kier molecular flexibility index (Phi) is 5.58. The van der Waals surface area contributed by atoms with E-state index in [0.717, 1.165) is 43.5 Å². The molecule has 25 heavy (non-hydrogen) atoms. The maximum Gasteiger partial charge on any atom is 0.260 e. The molecule has 3 rings (SSSR count). The molecule has 2 heterocycles. The maximum atomic E-state index is 12.4. The van der Waals surface area contributed by atoms with Crippen LogP contribution in [0.3, 0.4) is 0 Å². The number of aryl methyl sites for hydroxylation is 1. The Labute approximate surface area is 148 Å². The summed E-state index contributed by atoms with van der Waals surface area (Å²) in [6, 6.07) is 7.92. The molecule has 0 spiro atoms. The molecule has 0 aliphatic carbocycles. The number of hydrogen-bond acceptors (Lipinski definition) is 4. The quantitative estimate of drug-likeness (QED) is 0.873. The molecule has 0 aromatic heterocycles. The van der Waals surface area contributed by atoms with Gasteiger partial charge in [-0.15, -0.1) is 0 Å². The fourth-order valence-corrected chi connectivity index (χ4v) is 3.85. The number of hydrogen-bond donors (Lipinski definition) is 1. The molecule has 6 nitrogen and oxygen atoms in total. The number of ether oxygens (including phenoxy) is 1. The van der Waals surface area contributed by atoms with Crippen LogP contribution in [0, 0.1) is 6.92 Å². The van der Waals surface area contributed by atoms with E-state index in [9.17, 15) is 9.59 Å². The molecular formula is C19H27N3O3. The van der Waals surface area contributed by atoms with Crippen LogP contribution < -0.4 is 10.5 Å². The maximum absolute atomic E-state index is 12.4. The second-order valence-electron chi connectivity index (χ2n) is 7.01. The highest BCUT2D eigenvalue weighted by Crippen LogP contribution is 2.26. The zero-order chi connectivity index (χ0) is 17.8. The first kappa shape index (κ1) is 17.7. The highest BCUT2D eigenvalue weighted by atomic mass is 16.5. The first-order valence-electron chi connectivity index (χ1n) is 9.07. The van der Waals surface area contributed by atoms with Crippen LogP contribution >= 0.6 is 0 Å². The lowest BCUT2D eigenvalue weighted by Crippen LogP contribution is -2.51. The molecule has 6 heteroatoms.